The van der Waals surface area contributed by atoms with E-state index < -0.39 is 5.60 Å². The van der Waals surface area contributed by atoms with Crippen LogP contribution >= 0.6 is 0 Å². The molecule has 2 rings (SSSR count). The number of benzene rings is 1. The second kappa shape index (κ2) is 6.48. The van der Waals surface area contributed by atoms with E-state index in [2.05, 4.69) is 5.32 Å². The normalized spacial score (nSPS) is 16.6. The van der Waals surface area contributed by atoms with Crippen LogP contribution in [0.3, 0.4) is 0 Å². The number of para-hydroxylation sites is 1. The van der Waals surface area contributed by atoms with Crippen molar-refractivity contribution in [2.75, 3.05) is 32.1 Å². The summed E-state index contributed by atoms with van der Waals surface area (Å²) in [4.78, 5) is 14.5. The molecule has 0 unspecified atom stereocenters. The van der Waals surface area contributed by atoms with Gasteiger partial charge in [-0.25, -0.2) is 4.79 Å². The van der Waals surface area contributed by atoms with Gasteiger partial charge in [0.15, 0.2) is 0 Å². The van der Waals surface area contributed by atoms with E-state index in [0.717, 1.165) is 31.6 Å². The van der Waals surface area contributed by atoms with Crippen molar-refractivity contribution in [2.45, 2.75) is 32.3 Å². The highest BCUT2D eigenvalue weighted by Gasteiger charge is 2.36. The molecule has 1 aromatic carbocycles. The fourth-order valence-electron chi connectivity index (χ4n) is 3.04. The summed E-state index contributed by atoms with van der Waals surface area (Å²) in [5.74, 6) is 0.219. The van der Waals surface area contributed by atoms with Gasteiger partial charge < -0.3 is 15.0 Å². The molecule has 1 aromatic rings. The minimum Gasteiger partial charge on any atom is -0.456 e. The number of nitrogens with two attached hydrogens (primary N) is 1. The van der Waals surface area contributed by atoms with Crippen LogP contribution in [0.5, 0.6) is 0 Å². The van der Waals surface area contributed by atoms with Crippen molar-refractivity contribution in [3.8, 4) is 0 Å². The molecule has 0 amide bonds. The van der Waals surface area contributed by atoms with Crippen LogP contribution in [-0.4, -0.2) is 38.8 Å². The number of hydrogen-bond acceptors (Lipinski definition) is 3. The molecule has 21 heavy (non-hydrogen) atoms. The molecule has 1 fully saturated rings. The first-order valence-corrected chi connectivity index (χ1v) is 7.73. The molecule has 116 valence electrons. The Morgan fingerprint density at radius 2 is 1.86 bits per heavy atom. The molecule has 4 nitrogen and oxygen atoms in total. The van der Waals surface area contributed by atoms with E-state index in [4.69, 9.17) is 4.74 Å². The molecule has 0 saturated carbocycles. The summed E-state index contributed by atoms with van der Waals surface area (Å²) in [6, 6.07) is 7.60. The molecular weight excluding hydrogens is 264 g/mol. The Morgan fingerprint density at radius 3 is 2.48 bits per heavy atom. The zero-order valence-electron chi connectivity index (χ0n) is 13.6. The predicted molar refractivity (Wildman–Crippen MR) is 84.6 cm³/mol. The minimum atomic E-state index is -0.412. The molecule has 2 N–H and O–H groups in total. The van der Waals surface area contributed by atoms with Crippen LogP contribution < -0.4 is 10.2 Å². The quantitative estimate of drug-likeness (QED) is 0.858. The number of nitrogens with zero attached hydrogens (tertiary/aromatic N) is 1. The summed E-state index contributed by atoms with van der Waals surface area (Å²) in [7, 11) is 3.88. The Labute approximate surface area is 127 Å². The van der Waals surface area contributed by atoms with Crippen molar-refractivity contribution in [3.05, 3.63) is 29.8 Å². The molecule has 0 aliphatic carbocycles. The molecule has 0 radical (unpaired) electrons. The summed E-state index contributed by atoms with van der Waals surface area (Å²) in [5, 5.41) is 2.33. The van der Waals surface area contributed by atoms with Gasteiger partial charge in [0.25, 0.3) is 0 Å². The summed E-state index contributed by atoms with van der Waals surface area (Å²) >= 11 is 0. The standard InChI is InChI=1S/C17H26N2O2/c1-17(2,13-9-11-18-12-10-13)21-16(20)14-7-5-6-8-15(14)19(3)4/h5-8,13,18H,9-12H2,1-4H3/p+1. The van der Waals surface area contributed by atoms with E-state index in [1.165, 1.54) is 0 Å². The van der Waals surface area contributed by atoms with Crippen molar-refractivity contribution < 1.29 is 14.8 Å². The molecule has 1 aliphatic rings. The topological polar surface area (TPSA) is 46.2 Å². The summed E-state index contributed by atoms with van der Waals surface area (Å²) in [5.41, 5.74) is 1.12. The third-order valence-electron chi connectivity index (χ3n) is 4.38. The zero-order chi connectivity index (χ0) is 15.5. The van der Waals surface area contributed by atoms with E-state index in [1.54, 1.807) is 0 Å². The second-order valence-corrected chi connectivity index (χ2v) is 6.54. The first-order chi connectivity index (χ1) is 9.92. The van der Waals surface area contributed by atoms with Crippen LogP contribution in [0, 0.1) is 5.92 Å². The Kier molecular flexibility index (Phi) is 4.88. The van der Waals surface area contributed by atoms with E-state index in [0.29, 0.717) is 11.5 Å². The lowest BCUT2D eigenvalue weighted by Crippen LogP contribution is -2.86. The van der Waals surface area contributed by atoms with Crippen LogP contribution in [0.1, 0.15) is 37.0 Å². The SMILES string of the molecule is CN(C)c1ccccc1C(=O)OC(C)(C)C1CC[NH2+]CC1. The number of carbonyl (C=O) groups is 1. The van der Waals surface area contributed by atoms with Gasteiger partial charge in [0.1, 0.15) is 5.60 Å². The maximum absolute atomic E-state index is 12.6. The van der Waals surface area contributed by atoms with Crippen molar-refractivity contribution in [1.82, 2.24) is 0 Å². The van der Waals surface area contributed by atoms with Gasteiger partial charge in [0.05, 0.1) is 24.3 Å². The van der Waals surface area contributed by atoms with Gasteiger partial charge in [-0.05, 0) is 26.0 Å². The van der Waals surface area contributed by atoms with Crippen LogP contribution in [0.25, 0.3) is 0 Å². The molecule has 1 aliphatic heterocycles. The number of quaternary nitrogens is 1. The first kappa shape index (κ1) is 15.8. The van der Waals surface area contributed by atoms with E-state index in [1.807, 2.05) is 57.1 Å². The molecular formula is C17H27N2O2+. The molecule has 1 heterocycles. The van der Waals surface area contributed by atoms with Gasteiger partial charge in [0.2, 0.25) is 0 Å². The summed E-state index contributed by atoms with van der Waals surface area (Å²) in [6.45, 7) is 6.33. The van der Waals surface area contributed by atoms with Gasteiger partial charge in [-0.3, -0.25) is 0 Å². The Balaban J connectivity index is 2.13. The number of rotatable bonds is 4. The lowest BCUT2D eigenvalue weighted by atomic mass is 9.83. The highest BCUT2D eigenvalue weighted by atomic mass is 16.6. The van der Waals surface area contributed by atoms with Crippen molar-refractivity contribution >= 4 is 11.7 Å². The Morgan fingerprint density at radius 1 is 1.24 bits per heavy atom. The average molecular weight is 291 g/mol. The number of carbonyl (C=O) groups excluding carboxylic acids is 1. The number of hydrogen-bond donors (Lipinski definition) is 1. The van der Waals surface area contributed by atoms with Crippen LogP contribution in [0.2, 0.25) is 0 Å². The number of esters is 1. The Bertz CT molecular complexity index is 491. The van der Waals surface area contributed by atoms with Crippen molar-refractivity contribution in [3.63, 3.8) is 0 Å². The predicted octanol–water partition coefficient (Wildman–Crippen LogP) is 1.66. The van der Waals surface area contributed by atoms with Crippen LogP contribution in [0.4, 0.5) is 5.69 Å². The highest BCUT2D eigenvalue weighted by molar-refractivity contribution is 5.96. The monoisotopic (exact) mass is 291 g/mol. The van der Waals surface area contributed by atoms with Gasteiger partial charge in [-0.15, -0.1) is 0 Å². The maximum atomic E-state index is 12.6. The van der Waals surface area contributed by atoms with Gasteiger partial charge in [-0.2, -0.15) is 0 Å². The van der Waals surface area contributed by atoms with Gasteiger partial charge in [-0.1, -0.05) is 12.1 Å². The molecule has 0 atom stereocenters. The lowest BCUT2D eigenvalue weighted by Gasteiger charge is -2.35. The largest absolute Gasteiger partial charge is 0.456 e. The van der Waals surface area contributed by atoms with E-state index in [-0.39, 0.29) is 5.97 Å². The van der Waals surface area contributed by atoms with E-state index in [9.17, 15) is 4.79 Å². The highest BCUT2D eigenvalue weighted by Crippen LogP contribution is 2.30. The fraction of sp³-hybridized carbons (Fsp3) is 0.588. The average Bonchev–Trinajstić information content (AvgIpc) is 2.47. The van der Waals surface area contributed by atoms with Crippen molar-refractivity contribution in [2.24, 2.45) is 5.92 Å². The maximum Gasteiger partial charge on any atom is 0.340 e. The molecule has 1 saturated heterocycles. The zero-order valence-corrected chi connectivity index (χ0v) is 13.6. The third-order valence-corrected chi connectivity index (χ3v) is 4.38. The molecule has 0 bridgehead atoms. The number of piperidine rings is 1. The lowest BCUT2D eigenvalue weighted by molar-refractivity contribution is -0.665. The van der Waals surface area contributed by atoms with Gasteiger partial charge >= 0.3 is 5.97 Å². The summed E-state index contributed by atoms with van der Waals surface area (Å²) < 4.78 is 5.87. The summed E-state index contributed by atoms with van der Waals surface area (Å²) in [6.07, 6.45) is 2.21. The number of ether oxygens (including phenoxy) is 1. The smallest absolute Gasteiger partial charge is 0.340 e. The molecule has 0 spiro atoms. The van der Waals surface area contributed by atoms with Crippen molar-refractivity contribution in [1.29, 1.82) is 0 Å². The minimum absolute atomic E-state index is 0.223. The van der Waals surface area contributed by atoms with Gasteiger partial charge in [0, 0.05) is 32.9 Å². The van der Waals surface area contributed by atoms with Crippen LogP contribution in [-0.2, 0) is 4.74 Å². The fourth-order valence-corrected chi connectivity index (χ4v) is 3.04. The van der Waals surface area contributed by atoms with Crippen LogP contribution in [0.15, 0.2) is 24.3 Å². The third kappa shape index (κ3) is 3.76. The first-order valence-electron chi connectivity index (χ1n) is 7.73. The molecule has 4 heteroatoms. The molecule has 0 aromatic heterocycles. The number of anilines is 1. The van der Waals surface area contributed by atoms with E-state index >= 15 is 0 Å². The Hall–Kier alpha value is -1.55. The second-order valence-electron chi connectivity index (χ2n) is 6.54.